The lowest BCUT2D eigenvalue weighted by Crippen LogP contribution is -2.39. The van der Waals surface area contributed by atoms with Crippen LogP contribution in [0, 0.1) is 20.8 Å². The summed E-state index contributed by atoms with van der Waals surface area (Å²) in [6.07, 6.45) is 0. The van der Waals surface area contributed by atoms with E-state index in [1.54, 1.807) is 25.7 Å². The Hall–Kier alpha value is -2.56. The van der Waals surface area contributed by atoms with Gasteiger partial charge in [-0.2, -0.15) is 0 Å². The van der Waals surface area contributed by atoms with Gasteiger partial charge in [0.1, 0.15) is 17.1 Å². The molecule has 0 spiro atoms. The molecule has 2 rings (SSSR count). The molecule has 1 heterocycles. The highest BCUT2D eigenvalue weighted by Gasteiger charge is 2.24. The minimum atomic E-state index is -0.535. The van der Waals surface area contributed by atoms with Gasteiger partial charge in [0.15, 0.2) is 6.61 Å². The van der Waals surface area contributed by atoms with E-state index < -0.39 is 5.97 Å². The van der Waals surface area contributed by atoms with Crippen LogP contribution >= 0.6 is 0 Å². The van der Waals surface area contributed by atoms with Gasteiger partial charge < -0.3 is 14.1 Å². The Morgan fingerprint density at radius 1 is 1.08 bits per heavy atom. The van der Waals surface area contributed by atoms with E-state index in [-0.39, 0.29) is 18.6 Å². The van der Waals surface area contributed by atoms with Crippen LogP contribution in [0.4, 0.5) is 5.69 Å². The average Bonchev–Trinajstić information content (AvgIpc) is 2.78. The normalized spacial score (nSPS) is 10.8. The van der Waals surface area contributed by atoms with Gasteiger partial charge in [0.05, 0.1) is 0 Å². The van der Waals surface area contributed by atoms with Crippen LogP contribution in [0.25, 0.3) is 0 Å². The molecule has 1 aromatic carbocycles. The molecule has 0 N–H and O–H groups in total. The number of aryl methyl sites for hydroxylation is 2. The van der Waals surface area contributed by atoms with Gasteiger partial charge in [-0.15, -0.1) is 0 Å². The minimum absolute atomic E-state index is 0.0433. The molecular formula is C19H23NO4. The molecule has 0 aliphatic carbocycles. The summed E-state index contributed by atoms with van der Waals surface area (Å²) in [5, 5.41) is 0. The number of rotatable bonds is 5. The first-order chi connectivity index (χ1) is 11.3. The zero-order valence-electron chi connectivity index (χ0n) is 14.8. The number of ether oxygens (including phenoxy) is 1. The summed E-state index contributed by atoms with van der Waals surface area (Å²) < 4.78 is 10.7. The van der Waals surface area contributed by atoms with E-state index in [0.717, 1.165) is 11.3 Å². The minimum Gasteiger partial charge on any atom is -0.465 e. The van der Waals surface area contributed by atoms with Crippen molar-refractivity contribution in [3.05, 3.63) is 53.0 Å². The van der Waals surface area contributed by atoms with Crippen molar-refractivity contribution in [3.63, 3.8) is 0 Å². The molecule has 1 amide bonds. The van der Waals surface area contributed by atoms with E-state index >= 15 is 0 Å². The van der Waals surface area contributed by atoms with E-state index in [9.17, 15) is 9.59 Å². The molecule has 0 bridgehead atoms. The van der Waals surface area contributed by atoms with Crippen molar-refractivity contribution in [1.29, 1.82) is 0 Å². The molecule has 0 saturated heterocycles. The zero-order valence-corrected chi connectivity index (χ0v) is 14.8. The molecule has 0 aliphatic rings. The molecule has 128 valence electrons. The quantitative estimate of drug-likeness (QED) is 0.783. The second-order valence-corrected chi connectivity index (χ2v) is 5.98. The fourth-order valence-corrected chi connectivity index (χ4v) is 2.68. The fourth-order valence-electron chi connectivity index (χ4n) is 2.68. The number of carbonyl (C=O) groups is 2. The molecule has 5 nitrogen and oxygen atoms in total. The third-order valence-electron chi connectivity index (χ3n) is 3.91. The topological polar surface area (TPSA) is 59.8 Å². The summed E-state index contributed by atoms with van der Waals surface area (Å²) >= 11 is 0. The highest BCUT2D eigenvalue weighted by Crippen LogP contribution is 2.22. The number of anilines is 1. The van der Waals surface area contributed by atoms with Crippen molar-refractivity contribution >= 4 is 17.6 Å². The number of para-hydroxylation sites is 1. The molecule has 2 aromatic rings. The molecular weight excluding hydrogens is 306 g/mol. The van der Waals surface area contributed by atoms with Gasteiger partial charge in [-0.1, -0.05) is 18.2 Å². The summed E-state index contributed by atoms with van der Waals surface area (Å²) in [6.45, 7) is 8.83. The summed E-state index contributed by atoms with van der Waals surface area (Å²) in [4.78, 5) is 26.4. The van der Waals surface area contributed by atoms with Gasteiger partial charge in [-0.3, -0.25) is 4.79 Å². The Kier molecular flexibility index (Phi) is 5.44. The van der Waals surface area contributed by atoms with Gasteiger partial charge in [0.2, 0.25) is 0 Å². The third kappa shape index (κ3) is 3.67. The van der Waals surface area contributed by atoms with Crippen LogP contribution in [-0.4, -0.2) is 24.5 Å². The predicted molar refractivity (Wildman–Crippen MR) is 92.3 cm³/mol. The van der Waals surface area contributed by atoms with Gasteiger partial charge in [-0.05, 0) is 46.8 Å². The van der Waals surface area contributed by atoms with E-state index in [2.05, 4.69) is 0 Å². The van der Waals surface area contributed by atoms with Crippen LogP contribution in [0.15, 0.2) is 34.7 Å². The first-order valence-corrected chi connectivity index (χ1v) is 7.93. The Labute approximate surface area is 142 Å². The molecule has 24 heavy (non-hydrogen) atoms. The number of carbonyl (C=O) groups excluding carboxylic acids is 2. The molecule has 0 fully saturated rings. The van der Waals surface area contributed by atoms with E-state index in [1.807, 2.05) is 44.2 Å². The molecule has 0 saturated carbocycles. The Bertz CT molecular complexity index is 731. The summed E-state index contributed by atoms with van der Waals surface area (Å²) in [7, 11) is 0. The van der Waals surface area contributed by atoms with Gasteiger partial charge in [0.25, 0.3) is 5.91 Å². The molecule has 0 aliphatic heterocycles. The average molecular weight is 329 g/mol. The standard InChI is InChI=1S/C19H23NO4/c1-12(2)20(16-9-7-6-8-10-16)17(21)11-23-19(22)18-13(3)14(4)24-15(18)5/h6-10,12H,11H2,1-5H3. The fraction of sp³-hybridized carbons (Fsp3) is 0.368. The van der Waals surface area contributed by atoms with Crippen molar-refractivity contribution in [2.45, 2.75) is 40.7 Å². The van der Waals surface area contributed by atoms with Crippen LogP contribution in [0.1, 0.15) is 41.3 Å². The van der Waals surface area contributed by atoms with Crippen LogP contribution in [0.2, 0.25) is 0 Å². The highest BCUT2D eigenvalue weighted by molar-refractivity contribution is 5.98. The molecule has 5 heteroatoms. The summed E-state index contributed by atoms with van der Waals surface area (Å²) in [6, 6.07) is 9.29. The first-order valence-electron chi connectivity index (χ1n) is 7.93. The number of benzene rings is 1. The second-order valence-electron chi connectivity index (χ2n) is 5.98. The number of nitrogens with zero attached hydrogens (tertiary/aromatic N) is 1. The van der Waals surface area contributed by atoms with E-state index in [1.165, 1.54) is 0 Å². The molecule has 1 aromatic heterocycles. The number of esters is 1. The number of amides is 1. The number of furan rings is 1. The lowest BCUT2D eigenvalue weighted by atomic mass is 10.1. The van der Waals surface area contributed by atoms with Crippen LogP contribution in [-0.2, 0) is 9.53 Å². The lowest BCUT2D eigenvalue weighted by Gasteiger charge is -2.26. The van der Waals surface area contributed by atoms with Crippen molar-refractivity contribution in [2.75, 3.05) is 11.5 Å². The van der Waals surface area contributed by atoms with Gasteiger partial charge >= 0.3 is 5.97 Å². The van der Waals surface area contributed by atoms with Crippen LogP contribution in [0.5, 0.6) is 0 Å². The molecule has 0 radical (unpaired) electrons. The smallest absolute Gasteiger partial charge is 0.342 e. The van der Waals surface area contributed by atoms with E-state index in [4.69, 9.17) is 9.15 Å². The Morgan fingerprint density at radius 2 is 1.71 bits per heavy atom. The molecule has 0 unspecified atom stereocenters. The van der Waals surface area contributed by atoms with Crippen molar-refractivity contribution in [3.8, 4) is 0 Å². The SMILES string of the molecule is Cc1oc(C)c(C(=O)OCC(=O)N(c2ccccc2)C(C)C)c1C. The monoisotopic (exact) mass is 329 g/mol. The van der Waals surface area contributed by atoms with Crippen LogP contribution in [0.3, 0.4) is 0 Å². The first kappa shape index (κ1) is 17.8. The zero-order chi connectivity index (χ0) is 17.9. The summed E-state index contributed by atoms with van der Waals surface area (Å²) in [5.74, 6) is 0.386. The van der Waals surface area contributed by atoms with Crippen molar-refractivity contribution in [2.24, 2.45) is 0 Å². The maximum absolute atomic E-state index is 12.5. The predicted octanol–water partition coefficient (Wildman–Crippen LogP) is 3.80. The van der Waals surface area contributed by atoms with Crippen molar-refractivity contribution in [1.82, 2.24) is 0 Å². The van der Waals surface area contributed by atoms with Gasteiger partial charge in [0, 0.05) is 17.3 Å². The summed E-state index contributed by atoms with van der Waals surface area (Å²) in [5.41, 5.74) is 1.92. The molecule has 0 atom stereocenters. The highest BCUT2D eigenvalue weighted by atomic mass is 16.5. The largest absolute Gasteiger partial charge is 0.465 e. The second kappa shape index (κ2) is 7.34. The Balaban J connectivity index is 2.10. The Morgan fingerprint density at radius 3 is 2.21 bits per heavy atom. The lowest BCUT2D eigenvalue weighted by molar-refractivity contribution is -0.122. The van der Waals surface area contributed by atoms with Crippen molar-refractivity contribution < 1.29 is 18.7 Å². The third-order valence-corrected chi connectivity index (χ3v) is 3.91. The van der Waals surface area contributed by atoms with Gasteiger partial charge in [-0.25, -0.2) is 4.79 Å². The number of hydrogen-bond acceptors (Lipinski definition) is 4. The maximum atomic E-state index is 12.5. The maximum Gasteiger partial charge on any atom is 0.342 e. The van der Waals surface area contributed by atoms with Crippen LogP contribution < -0.4 is 4.90 Å². The van der Waals surface area contributed by atoms with E-state index in [0.29, 0.717) is 17.1 Å². The number of hydrogen-bond donors (Lipinski definition) is 0.